The lowest BCUT2D eigenvalue weighted by atomic mass is 10.1. The number of aromatic nitrogens is 2. The number of rotatable bonds is 3. The molecule has 0 unspecified atom stereocenters. The number of Topliss-reactive ketones (excluding diaryl/α,β-unsaturated/α-hetero) is 1. The molecule has 0 saturated heterocycles. The first-order valence-corrected chi connectivity index (χ1v) is 7.67. The van der Waals surface area contributed by atoms with Crippen molar-refractivity contribution in [3.63, 3.8) is 0 Å². The molecular weight excluding hydrogens is 328 g/mol. The molecular formula is C17H17BrN2O. The van der Waals surface area contributed by atoms with Gasteiger partial charge in [0.25, 0.3) is 0 Å². The number of ketones is 1. The van der Waals surface area contributed by atoms with E-state index in [1.54, 1.807) is 0 Å². The van der Waals surface area contributed by atoms with Crippen molar-refractivity contribution in [2.75, 3.05) is 0 Å². The number of carbonyl (C=O) groups excluding carboxylic acids is 1. The van der Waals surface area contributed by atoms with Gasteiger partial charge in [0.1, 0.15) is 0 Å². The highest BCUT2D eigenvalue weighted by Gasteiger charge is 2.15. The molecule has 0 fully saturated rings. The molecule has 0 aliphatic carbocycles. The molecule has 4 heteroatoms. The fourth-order valence-corrected chi connectivity index (χ4v) is 3.07. The summed E-state index contributed by atoms with van der Waals surface area (Å²) in [6.45, 7) is 4.38. The summed E-state index contributed by atoms with van der Waals surface area (Å²) >= 11 is 3.47. The van der Waals surface area contributed by atoms with E-state index in [0.29, 0.717) is 6.54 Å². The monoisotopic (exact) mass is 344 g/mol. The third-order valence-electron chi connectivity index (χ3n) is 4.12. The molecule has 0 saturated carbocycles. The number of benzene rings is 1. The third kappa shape index (κ3) is 2.44. The van der Waals surface area contributed by atoms with Crippen molar-refractivity contribution in [2.24, 2.45) is 7.05 Å². The first-order chi connectivity index (χ1) is 9.97. The summed E-state index contributed by atoms with van der Waals surface area (Å²) in [7, 11) is 1.99. The van der Waals surface area contributed by atoms with E-state index in [9.17, 15) is 4.79 Å². The Hall–Kier alpha value is -1.81. The van der Waals surface area contributed by atoms with E-state index < -0.39 is 0 Å². The van der Waals surface area contributed by atoms with Crippen LogP contribution in [0.4, 0.5) is 0 Å². The third-order valence-corrected chi connectivity index (χ3v) is 4.62. The lowest BCUT2D eigenvalue weighted by Gasteiger charge is -2.06. The Morgan fingerprint density at radius 2 is 1.95 bits per heavy atom. The molecule has 0 aliphatic heterocycles. The van der Waals surface area contributed by atoms with E-state index in [0.717, 1.165) is 32.3 Å². The first kappa shape index (κ1) is 14.1. The predicted molar refractivity (Wildman–Crippen MR) is 88.9 cm³/mol. The second-order valence-corrected chi connectivity index (χ2v) is 6.33. The van der Waals surface area contributed by atoms with Crippen molar-refractivity contribution in [2.45, 2.75) is 20.4 Å². The zero-order chi connectivity index (χ0) is 15.1. The van der Waals surface area contributed by atoms with Gasteiger partial charge in [0, 0.05) is 45.6 Å². The highest BCUT2D eigenvalue weighted by Crippen LogP contribution is 2.22. The number of halogens is 1. The van der Waals surface area contributed by atoms with Crippen molar-refractivity contribution < 1.29 is 4.79 Å². The Kier molecular flexibility index (Phi) is 3.49. The summed E-state index contributed by atoms with van der Waals surface area (Å²) in [5.74, 6) is 0.150. The van der Waals surface area contributed by atoms with Crippen molar-refractivity contribution in [3.05, 3.63) is 58.0 Å². The summed E-state index contributed by atoms with van der Waals surface area (Å²) in [4.78, 5) is 12.6. The van der Waals surface area contributed by atoms with Crippen LogP contribution in [0.3, 0.4) is 0 Å². The molecule has 0 bridgehead atoms. The lowest BCUT2D eigenvalue weighted by molar-refractivity contribution is 0.0973. The van der Waals surface area contributed by atoms with E-state index in [-0.39, 0.29) is 5.78 Å². The number of carbonyl (C=O) groups is 1. The van der Waals surface area contributed by atoms with Crippen molar-refractivity contribution in [1.82, 2.24) is 9.13 Å². The first-order valence-electron chi connectivity index (χ1n) is 6.88. The van der Waals surface area contributed by atoms with Crippen LogP contribution in [0.5, 0.6) is 0 Å². The highest BCUT2D eigenvalue weighted by atomic mass is 79.9. The normalized spacial score (nSPS) is 11.2. The maximum absolute atomic E-state index is 12.6. The summed E-state index contributed by atoms with van der Waals surface area (Å²) in [6.07, 6.45) is 1.97. The quantitative estimate of drug-likeness (QED) is 0.652. The molecule has 21 heavy (non-hydrogen) atoms. The minimum atomic E-state index is 0.150. The second kappa shape index (κ2) is 5.19. The van der Waals surface area contributed by atoms with Crippen LogP contribution in [-0.4, -0.2) is 14.9 Å². The molecule has 3 nitrogen and oxygen atoms in total. The summed E-state index contributed by atoms with van der Waals surface area (Å²) in [6, 6.07) is 10.1. The van der Waals surface area contributed by atoms with Gasteiger partial charge in [0.2, 0.25) is 0 Å². The van der Waals surface area contributed by atoms with Gasteiger partial charge in [-0.05, 0) is 44.2 Å². The van der Waals surface area contributed by atoms with E-state index in [1.165, 1.54) is 0 Å². The SMILES string of the molecule is Cc1cc(C(=O)Cn2ccc3cc(Br)ccc32)c(C)n1C. The van der Waals surface area contributed by atoms with E-state index >= 15 is 0 Å². The van der Waals surface area contributed by atoms with Crippen molar-refractivity contribution in [3.8, 4) is 0 Å². The van der Waals surface area contributed by atoms with Gasteiger partial charge in [0.15, 0.2) is 5.78 Å². The zero-order valence-corrected chi connectivity index (χ0v) is 13.9. The number of hydrogen-bond acceptors (Lipinski definition) is 1. The van der Waals surface area contributed by atoms with E-state index in [4.69, 9.17) is 0 Å². The largest absolute Gasteiger partial charge is 0.351 e. The topological polar surface area (TPSA) is 26.9 Å². The van der Waals surface area contributed by atoms with Gasteiger partial charge in [-0.1, -0.05) is 15.9 Å². The Morgan fingerprint density at radius 1 is 1.19 bits per heavy atom. The molecule has 2 aromatic heterocycles. The second-order valence-electron chi connectivity index (χ2n) is 5.41. The van der Waals surface area contributed by atoms with Crippen LogP contribution in [0.2, 0.25) is 0 Å². The van der Waals surface area contributed by atoms with Crippen LogP contribution in [-0.2, 0) is 13.6 Å². The molecule has 0 N–H and O–H groups in total. The molecule has 2 heterocycles. The van der Waals surface area contributed by atoms with Gasteiger partial charge in [-0.15, -0.1) is 0 Å². The minimum Gasteiger partial charge on any atom is -0.351 e. The zero-order valence-electron chi connectivity index (χ0n) is 12.4. The van der Waals surface area contributed by atoms with Crippen LogP contribution < -0.4 is 0 Å². The van der Waals surface area contributed by atoms with Crippen molar-refractivity contribution in [1.29, 1.82) is 0 Å². The molecule has 0 atom stereocenters. The molecule has 3 aromatic rings. The van der Waals surface area contributed by atoms with E-state index in [1.807, 2.05) is 55.9 Å². The Bertz CT molecular complexity index is 842. The van der Waals surface area contributed by atoms with Gasteiger partial charge in [-0.25, -0.2) is 0 Å². The maximum Gasteiger partial charge on any atom is 0.184 e. The van der Waals surface area contributed by atoms with Crippen LogP contribution in [0.25, 0.3) is 10.9 Å². The average Bonchev–Trinajstić information content (AvgIpc) is 2.95. The van der Waals surface area contributed by atoms with Crippen LogP contribution in [0.15, 0.2) is 41.0 Å². The summed E-state index contributed by atoms with van der Waals surface area (Å²) in [5, 5.41) is 1.14. The van der Waals surface area contributed by atoms with E-state index in [2.05, 4.69) is 26.6 Å². The number of nitrogens with zero attached hydrogens (tertiary/aromatic N) is 2. The Balaban J connectivity index is 1.94. The Morgan fingerprint density at radius 3 is 2.62 bits per heavy atom. The molecule has 108 valence electrons. The highest BCUT2D eigenvalue weighted by molar-refractivity contribution is 9.10. The van der Waals surface area contributed by atoms with Gasteiger partial charge in [-0.3, -0.25) is 4.79 Å². The van der Waals surface area contributed by atoms with Crippen LogP contribution in [0, 0.1) is 13.8 Å². The van der Waals surface area contributed by atoms with Gasteiger partial charge >= 0.3 is 0 Å². The van der Waals surface area contributed by atoms with Crippen LogP contribution in [0.1, 0.15) is 21.7 Å². The van der Waals surface area contributed by atoms with Gasteiger partial charge in [-0.2, -0.15) is 0 Å². The summed E-state index contributed by atoms with van der Waals surface area (Å²) in [5.41, 5.74) is 4.03. The smallest absolute Gasteiger partial charge is 0.184 e. The molecule has 0 spiro atoms. The number of aryl methyl sites for hydroxylation is 1. The van der Waals surface area contributed by atoms with Crippen LogP contribution >= 0.6 is 15.9 Å². The number of fused-ring (bicyclic) bond motifs is 1. The summed E-state index contributed by atoms with van der Waals surface area (Å²) < 4.78 is 5.11. The number of hydrogen-bond donors (Lipinski definition) is 0. The standard InChI is InChI=1S/C17H17BrN2O/c1-11-8-15(12(2)19(11)3)17(21)10-20-7-6-13-9-14(18)4-5-16(13)20/h4-9H,10H2,1-3H3. The van der Waals surface area contributed by atoms with Gasteiger partial charge in [0.05, 0.1) is 6.54 Å². The average molecular weight is 345 g/mol. The molecule has 0 aliphatic rings. The molecule has 3 rings (SSSR count). The fraction of sp³-hybridized carbons (Fsp3) is 0.235. The Labute approximate surface area is 132 Å². The molecule has 1 aromatic carbocycles. The molecule has 0 radical (unpaired) electrons. The lowest BCUT2D eigenvalue weighted by Crippen LogP contribution is -2.10. The predicted octanol–water partition coefficient (Wildman–Crippen LogP) is 4.24. The fourth-order valence-electron chi connectivity index (χ4n) is 2.69. The minimum absolute atomic E-state index is 0.150. The van der Waals surface area contributed by atoms with Gasteiger partial charge < -0.3 is 9.13 Å². The van der Waals surface area contributed by atoms with Crippen molar-refractivity contribution >= 4 is 32.6 Å². The molecule has 0 amide bonds. The maximum atomic E-state index is 12.6.